The molecule has 2 aromatic rings. The van der Waals surface area contributed by atoms with Gasteiger partial charge in [0.15, 0.2) is 5.60 Å². The van der Waals surface area contributed by atoms with E-state index in [2.05, 4.69) is 10.3 Å². The minimum absolute atomic E-state index is 0.0370. The summed E-state index contributed by atoms with van der Waals surface area (Å²) in [6.45, 7) is 2.56. The molecule has 26 heavy (non-hydrogen) atoms. The fourth-order valence-electron chi connectivity index (χ4n) is 2.74. The number of aromatic nitrogens is 1. The highest BCUT2D eigenvalue weighted by molar-refractivity contribution is 5.65. The molecule has 1 aromatic heterocycles. The SMILES string of the molecule is CO[C@@](C)(c1cccc(-c2cncc(OC[C@@H]3CCN3)c2)c1)C(F)(F)F. The maximum absolute atomic E-state index is 13.4. The van der Waals surface area contributed by atoms with Gasteiger partial charge >= 0.3 is 6.18 Å². The van der Waals surface area contributed by atoms with Gasteiger partial charge in [-0.2, -0.15) is 13.2 Å². The fourth-order valence-corrected chi connectivity index (χ4v) is 2.74. The molecule has 2 heterocycles. The van der Waals surface area contributed by atoms with E-state index in [4.69, 9.17) is 9.47 Å². The zero-order chi connectivity index (χ0) is 18.8. The third-order valence-electron chi connectivity index (χ3n) is 4.79. The van der Waals surface area contributed by atoms with E-state index in [0.717, 1.165) is 27.0 Å². The average molecular weight is 366 g/mol. The summed E-state index contributed by atoms with van der Waals surface area (Å²) >= 11 is 0. The number of methoxy groups -OCH3 is 1. The minimum Gasteiger partial charge on any atom is -0.490 e. The van der Waals surface area contributed by atoms with Gasteiger partial charge in [-0.15, -0.1) is 0 Å². The van der Waals surface area contributed by atoms with Crippen molar-refractivity contribution in [2.75, 3.05) is 20.3 Å². The lowest BCUT2D eigenvalue weighted by molar-refractivity contribution is -0.269. The van der Waals surface area contributed by atoms with Crippen LogP contribution in [0.1, 0.15) is 18.9 Å². The Kier molecular flexibility index (Phi) is 5.20. The molecule has 1 aliphatic heterocycles. The molecule has 2 atom stereocenters. The van der Waals surface area contributed by atoms with E-state index in [1.807, 2.05) is 0 Å². The molecule has 0 saturated carbocycles. The zero-order valence-electron chi connectivity index (χ0n) is 14.6. The van der Waals surface area contributed by atoms with Crippen molar-refractivity contribution in [1.82, 2.24) is 10.3 Å². The Morgan fingerprint density at radius 1 is 1.19 bits per heavy atom. The lowest BCUT2D eigenvalue weighted by atomic mass is 9.92. The monoisotopic (exact) mass is 366 g/mol. The topological polar surface area (TPSA) is 43.4 Å². The zero-order valence-corrected chi connectivity index (χ0v) is 14.6. The van der Waals surface area contributed by atoms with Crippen LogP contribution in [-0.4, -0.2) is 37.5 Å². The first-order chi connectivity index (χ1) is 12.3. The molecule has 0 radical (unpaired) electrons. The van der Waals surface area contributed by atoms with Gasteiger partial charge < -0.3 is 14.8 Å². The molecule has 1 aromatic carbocycles. The maximum Gasteiger partial charge on any atom is 0.421 e. The molecular weight excluding hydrogens is 345 g/mol. The van der Waals surface area contributed by atoms with E-state index >= 15 is 0 Å². The number of rotatable bonds is 6. The standard InChI is InChI=1S/C19H21F3N2O2/c1-18(25-2,19(20,21)22)15-5-3-4-13(8-15)14-9-17(11-23-10-14)26-12-16-6-7-24-16/h3-5,8-11,16,24H,6-7,12H2,1-2H3/t16-,18-/m0/s1. The first kappa shape index (κ1) is 18.7. The molecule has 0 bridgehead atoms. The molecule has 140 valence electrons. The van der Waals surface area contributed by atoms with Crippen molar-refractivity contribution in [3.63, 3.8) is 0 Å². The number of nitrogens with one attached hydrogen (secondary N) is 1. The highest BCUT2D eigenvalue weighted by Gasteiger charge is 2.53. The predicted octanol–water partition coefficient (Wildman–Crippen LogP) is 3.91. The Bertz CT molecular complexity index is 762. The second-order valence-electron chi connectivity index (χ2n) is 6.48. The largest absolute Gasteiger partial charge is 0.490 e. The van der Waals surface area contributed by atoms with E-state index in [0.29, 0.717) is 29.5 Å². The highest BCUT2D eigenvalue weighted by Crippen LogP contribution is 2.42. The van der Waals surface area contributed by atoms with Crippen molar-refractivity contribution in [1.29, 1.82) is 0 Å². The van der Waals surface area contributed by atoms with E-state index < -0.39 is 11.8 Å². The molecule has 4 nitrogen and oxygen atoms in total. The second-order valence-corrected chi connectivity index (χ2v) is 6.48. The molecule has 0 aliphatic carbocycles. The first-order valence-corrected chi connectivity index (χ1v) is 8.37. The maximum atomic E-state index is 13.4. The van der Waals surface area contributed by atoms with Crippen LogP contribution in [0.3, 0.4) is 0 Å². The number of pyridine rings is 1. The van der Waals surface area contributed by atoms with Crippen molar-refractivity contribution in [3.05, 3.63) is 48.3 Å². The molecule has 0 unspecified atom stereocenters. The fraction of sp³-hybridized carbons (Fsp3) is 0.421. The quantitative estimate of drug-likeness (QED) is 0.842. The highest BCUT2D eigenvalue weighted by atomic mass is 19.4. The lowest BCUT2D eigenvalue weighted by Gasteiger charge is -2.31. The molecule has 3 rings (SSSR count). The van der Waals surface area contributed by atoms with Gasteiger partial charge in [-0.1, -0.05) is 18.2 Å². The van der Waals surface area contributed by atoms with Crippen LogP contribution in [0.4, 0.5) is 13.2 Å². The Morgan fingerprint density at radius 2 is 1.96 bits per heavy atom. The van der Waals surface area contributed by atoms with E-state index in [-0.39, 0.29) is 5.56 Å². The van der Waals surface area contributed by atoms with Gasteiger partial charge in [0, 0.05) is 24.9 Å². The number of benzene rings is 1. The normalized spacial score (nSPS) is 19.5. The van der Waals surface area contributed by atoms with Crippen molar-refractivity contribution in [3.8, 4) is 16.9 Å². The summed E-state index contributed by atoms with van der Waals surface area (Å²) < 4.78 is 50.9. The summed E-state index contributed by atoms with van der Waals surface area (Å²) in [7, 11) is 1.06. The van der Waals surface area contributed by atoms with Crippen LogP contribution in [0.2, 0.25) is 0 Å². The Balaban J connectivity index is 1.85. The Morgan fingerprint density at radius 3 is 2.58 bits per heavy atom. The summed E-state index contributed by atoms with van der Waals surface area (Å²) in [5, 5.41) is 3.24. The number of alkyl halides is 3. The number of halogens is 3. The van der Waals surface area contributed by atoms with Gasteiger partial charge in [0.25, 0.3) is 0 Å². The van der Waals surface area contributed by atoms with Crippen molar-refractivity contribution < 1.29 is 22.6 Å². The molecule has 1 fully saturated rings. The summed E-state index contributed by atoms with van der Waals surface area (Å²) in [5.41, 5.74) is -1.03. The average Bonchev–Trinajstić information content (AvgIpc) is 2.59. The van der Waals surface area contributed by atoms with E-state index in [1.165, 1.54) is 12.1 Å². The van der Waals surface area contributed by atoms with Crippen LogP contribution in [0.15, 0.2) is 42.7 Å². The number of nitrogens with zero attached hydrogens (tertiary/aromatic N) is 1. The molecule has 0 amide bonds. The van der Waals surface area contributed by atoms with Crippen molar-refractivity contribution >= 4 is 0 Å². The molecule has 1 N–H and O–H groups in total. The molecule has 7 heteroatoms. The van der Waals surface area contributed by atoms with E-state index in [1.54, 1.807) is 30.6 Å². The van der Waals surface area contributed by atoms with Gasteiger partial charge in [0.1, 0.15) is 12.4 Å². The molecule has 1 saturated heterocycles. The Labute approximate surface area is 150 Å². The van der Waals surface area contributed by atoms with Crippen LogP contribution in [0, 0.1) is 0 Å². The van der Waals surface area contributed by atoms with Gasteiger partial charge in [-0.25, -0.2) is 0 Å². The number of hydrogen-bond acceptors (Lipinski definition) is 4. The van der Waals surface area contributed by atoms with Crippen LogP contribution in [0.5, 0.6) is 5.75 Å². The molecular formula is C19H21F3N2O2. The van der Waals surface area contributed by atoms with Crippen LogP contribution < -0.4 is 10.1 Å². The van der Waals surface area contributed by atoms with E-state index in [9.17, 15) is 13.2 Å². The predicted molar refractivity (Wildman–Crippen MR) is 92.0 cm³/mol. The van der Waals surface area contributed by atoms with Crippen LogP contribution in [-0.2, 0) is 10.3 Å². The molecule has 0 spiro atoms. The van der Waals surface area contributed by atoms with Crippen LogP contribution >= 0.6 is 0 Å². The summed E-state index contributed by atoms with van der Waals surface area (Å²) in [4.78, 5) is 4.14. The molecule has 1 aliphatic rings. The van der Waals surface area contributed by atoms with Crippen molar-refractivity contribution in [2.45, 2.75) is 31.2 Å². The number of hydrogen-bond donors (Lipinski definition) is 1. The van der Waals surface area contributed by atoms with Gasteiger partial charge in [0.05, 0.1) is 6.20 Å². The third kappa shape index (κ3) is 3.68. The summed E-state index contributed by atoms with van der Waals surface area (Å²) in [6, 6.07) is 8.34. The van der Waals surface area contributed by atoms with Crippen molar-refractivity contribution in [2.24, 2.45) is 0 Å². The first-order valence-electron chi connectivity index (χ1n) is 8.37. The minimum atomic E-state index is -4.53. The van der Waals surface area contributed by atoms with Gasteiger partial charge in [-0.3, -0.25) is 4.98 Å². The third-order valence-corrected chi connectivity index (χ3v) is 4.79. The number of ether oxygens (including phenoxy) is 2. The second kappa shape index (κ2) is 7.25. The smallest absolute Gasteiger partial charge is 0.421 e. The van der Waals surface area contributed by atoms with Gasteiger partial charge in [-0.05, 0) is 43.1 Å². The Hall–Kier alpha value is -2.12. The lowest BCUT2D eigenvalue weighted by Crippen LogP contribution is -2.46. The van der Waals surface area contributed by atoms with Gasteiger partial charge in [0.2, 0.25) is 0 Å². The summed E-state index contributed by atoms with van der Waals surface area (Å²) in [5.74, 6) is 0.590. The summed E-state index contributed by atoms with van der Waals surface area (Å²) in [6.07, 6.45) is -0.256. The van der Waals surface area contributed by atoms with Crippen LogP contribution in [0.25, 0.3) is 11.1 Å².